The number of hydrogen-bond acceptors (Lipinski definition) is 3. The highest BCUT2D eigenvalue weighted by molar-refractivity contribution is 5.85. The van der Waals surface area contributed by atoms with Gasteiger partial charge in [0, 0.05) is 22.8 Å². The van der Waals surface area contributed by atoms with E-state index in [9.17, 15) is 0 Å². The fourth-order valence-electron chi connectivity index (χ4n) is 1.98. The summed E-state index contributed by atoms with van der Waals surface area (Å²) in [6, 6.07) is 10.3. The van der Waals surface area contributed by atoms with Gasteiger partial charge < -0.3 is 0 Å². The Kier molecular flexibility index (Phi) is 2.52. The van der Waals surface area contributed by atoms with Gasteiger partial charge in [-0.2, -0.15) is 0 Å². The van der Waals surface area contributed by atoms with Crippen LogP contribution >= 0.6 is 0 Å². The highest BCUT2D eigenvalue weighted by atomic mass is 14.8. The van der Waals surface area contributed by atoms with Gasteiger partial charge in [0.25, 0.3) is 0 Å². The first-order valence-electron chi connectivity index (χ1n) is 5.88. The summed E-state index contributed by atoms with van der Waals surface area (Å²) in [4.78, 5) is 12.9. The molecule has 0 radical (unpaired) electrons. The molecule has 2 heterocycles. The van der Waals surface area contributed by atoms with Gasteiger partial charge in [0.05, 0.1) is 11.2 Å². The van der Waals surface area contributed by atoms with Crippen LogP contribution in [0.15, 0.2) is 42.9 Å². The van der Waals surface area contributed by atoms with Crippen LogP contribution in [0.2, 0.25) is 0 Å². The van der Waals surface area contributed by atoms with E-state index < -0.39 is 0 Å². The molecule has 3 heteroatoms. The molecule has 3 rings (SSSR count). The molecule has 0 atom stereocenters. The first kappa shape index (κ1) is 10.8. The second-order valence-corrected chi connectivity index (χ2v) is 4.41. The number of benzene rings is 1. The molecule has 0 saturated carbocycles. The highest BCUT2D eigenvalue weighted by Crippen LogP contribution is 2.23. The molecule has 3 nitrogen and oxygen atoms in total. The van der Waals surface area contributed by atoms with Crippen LogP contribution in [0.4, 0.5) is 0 Å². The first-order chi connectivity index (χ1) is 8.74. The third kappa shape index (κ3) is 1.84. The predicted octanol–water partition coefficient (Wildman–Crippen LogP) is 3.31. The first-order valence-corrected chi connectivity index (χ1v) is 5.88. The Morgan fingerprint density at radius 1 is 0.889 bits per heavy atom. The van der Waals surface area contributed by atoms with Crippen LogP contribution in [0.5, 0.6) is 0 Å². The van der Waals surface area contributed by atoms with E-state index in [0.29, 0.717) is 0 Å². The minimum atomic E-state index is 0.971. The molecule has 88 valence electrons. The summed E-state index contributed by atoms with van der Waals surface area (Å²) in [5.74, 6) is 0. The average Bonchev–Trinajstić information content (AvgIpc) is 2.40. The molecule has 0 N–H and O–H groups in total. The number of nitrogens with zero attached hydrogens (tertiary/aromatic N) is 3. The maximum absolute atomic E-state index is 4.44. The zero-order valence-corrected chi connectivity index (χ0v) is 10.4. The Labute approximate surface area is 106 Å². The number of pyridine rings is 1. The molecular weight excluding hydrogens is 222 g/mol. The number of aromatic nitrogens is 3. The van der Waals surface area contributed by atoms with Crippen LogP contribution in [0.1, 0.15) is 11.3 Å². The van der Waals surface area contributed by atoms with E-state index >= 15 is 0 Å². The van der Waals surface area contributed by atoms with E-state index in [4.69, 9.17) is 0 Å². The van der Waals surface area contributed by atoms with Crippen LogP contribution in [-0.4, -0.2) is 15.0 Å². The van der Waals surface area contributed by atoms with Crippen molar-refractivity contribution in [3.8, 4) is 11.3 Å². The monoisotopic (exact) mass is 235 g/mol. The summed E-state index contributed by atoms with van der Waals surface area (Å²) in [6.45, 7) is 4.03. The summed E-state index contributed by atoms with van der Waals surface area (Å²) >= 11 is 0. The number of hydrogen-bond donors (Lipinski definition) is 0. The standard InChI is InChI=1S/C15H13N3/c1-10-3-5-14(16-8-10)12-4-6-15-13(7-12)11(2)17-9-18-15/h3-9H,1-2H3. The number of aryl methyl sites for hydroxylation is 2. The molecule has 0 bridgehead atoms. The van der Waals surface area contributed by atoms with Gasteiger partial charge in [-0.3, -0.25) is 4.98 Å². The second kappa shape index (κ2) is 4.18. The van der Waals surface area contributed by atoms with E-state index in [0.717, 1.165) is 27.9 Å². The summed E-state index contributed by atoms with van der Waals surface area (Å²) in [5, 5.41) is 1.08. The van der Waals surface area contributed by atoms with E-state index in [1.165, 1.54) is 5.56 Å². The second-order valence-electron chi connectivity index (χ2n) is 4.41. The molecule has 0 saturated heterocycles. The fourth-order valence-corrected chi connectivity index (χ4v) is 1.98. The number of rotatable bonds is 1. The van der Waals surface area contributed by atoms with Gasteiger partial charge in [-0.1, -0.05) is 12.1 Å². The minimum Gasteiger partial charge on any atom is -0.256 e. The Bertz CT molecular complexity index is 703. The van der Waals surface area contributed by atoms with Gasteiger partial charge >= 0.3 is 0 Å². The van der Waals surface area contributed by atoms with E-state index in [2.05, 4.69) is 27.1 Å². The van der Waals surface area contributed by atoms with Crippen molar-refractivity contribution in [1.82, 2.24) is 15.0 Å². The molecule has 3 aromatic rings. The normalized spacial score (nSPS) is 10.8. The average molecular weight is 235 g/mol. The van der Waals surface area contributed by atoms with Gasteiger partial charge in [0.15, 0.2) is 0 Å². The smallest absolute Gasteiger partial charge is 0.116 e. The third-order valence-electron chi connectivity index (χ3n) is 3.04. The SMILES string of the molecule is Cc1ccc(-c2ccc3ncnc(C)c3c2)nc1. The fraction of sp³-hybridized carbons (Fsp3) is 0.133. The van der Waals surface area contributed by atoms with Crippen molar-refractivity contribution in [3.63, 3.8) is 0 Å². The van der Waals surface area contributed by atoms with E-state index in [-0.39, 0.29) is 0 Å². The maximum atomic E-state index is 4.44. The van der Waals surface area contributed by atoms with Crippen molar-refractivity contribution < 1.29 is 0 Å². The lowest BCUT2D eigenvalue weighted by Crippen LogP contribution is -1.89. The lowest BCUT2D eigenvalue weighted by Gasteiger charge is -2.04. The van der Waals surface area contributed by atoms with Gasteiger partial charge in [0.2, 0.25) is 0 Å². The quantitative estimate of drug-likeness (QED) is 0.649. The molecule has 18 heavy (non-hydrogen) atoms. The molecule has 0 aliphatic carbocycles. The molecule has 0 aliphatic rings. The predicted molar refractivity (Wildman–Crippen MR) is 72.2 cm³/mol. The van der Waals surface area contributed by atoms with Crippen molar-refractivity contribution in [1.29, 1.82) is 0 Å². The molecule has 0 aliphatic heterocycles. The van der Waals surface area contributed by atoms with Gasteiger partial charge in [-0.15, -0.1) is 0 Å². The van der Waals surface area contributed by atoms with Crippen molar-refractivity contribution in [2.75, 3.05) is 0 Å². The minimum absolute atomic E-state index is 0.971. The number of fused-ring (bicyclic) bond motifs is 1. The topological polar surface area (TPSA) is 38.7 Å². The van der Waals surface area contributed by atoms with Crippen LogP contribution in [0, 0.1) is 13.8 Å². The van der Waals surface area contributed by atoms with Crippen LogP contribution < -0.4 is 0 Å². The van der Waals surface area contributed by atoms with Crippen molar-refractivity contribution in [3.05, 3.63) is 54.1 Å². The molecular formula is C15H13N3. The molecule has 0 unspecified atom stereocenters. The van der Waals surface area contributed by atoms with Crippen molar-refractivity contribution in [2.45, 2.75) is 13.8 Å². The Morgan fingerprint density at radius 3 is 2.56 bits per heavy atom. The Balaban J connectivity index is 2.18. The Morgan fingerprint density at radius 2 is 1.78 bits per heavy atom. The van der Waals surface area contributed by atoms with E-state index in [1.54, 1.807) is 6.33 Å². The van der Waals surface area contributed by atoms with Crippen LogP contribution in [-0.2, 0) is 0 Å². The Hall–Kier alpha value is -2.29. The van der Waals surface area contributed by atoms with Gasteiger partial charge in [-0.25, -0.2) is 9.97 Å². The molecule has 0 fully saturated rings. The zero-order chi connectivity index (χ0) is 12.5. The summed E-state index contributed by atoms with van der Waals surface area (Å²) in [5.41, 5.74) is 5.21. The lowest BCUT2D eigenvalue weighted by atomic mass is 10.1. The van der Waals surface area contributed by atoms with Crippen LogP contribution in [0.25, 0.3) is 22.2 Å². The molecule has 0 amide bonds. The summed E-state index contributed by atoms with van der Waals surface area (Å²) < 4.78 is 0. The zero-order valence-electron chi connectivity index (χ0n) is 10.4. The largest absolute Gasteiger partial charge is 0.256 e. The maximum Gasteiger partial charge on any atom is 0.116 e. The highest BCUT2D eigenvalue weighted by Gasteiger charge is 2.03. The van der Waals surface area contributed by atoms with Gasteiger partial charge in [-0.05, 0) is 37.6 Å². The summed E-state index contributed by atoms with van der Waals surface area (Å²) in [7, 11) is 0. The molecule has 0 spiro atoms. The van der Waals surface area contributed by atoms with E-state index in [1.807, 2.05) is 38.2 Å². The van der Waals surface area contributed by atoms with Gasteiger partial charge in [0.1, 0.15) is 6.33 Å². The molecule has 1 aromatic carbocycles. The molecule has 2 aromatic heterocycles. The lowest BCUT2D eigenvalue weighted by molar-refractivity contribution is 1.15. The van der Waals surface area contributed by atoms with Crippen LogP contribution in [0.3, 0.4) is 0 Å². The summed E-state index contributed by atoms with van der Waals surface area (Å²) in [6.07, 6.45) is 3.48. The third-order valence-corrected chi connectivity index (χ3v) is 3.04. The van der Waals surface area contributed by atoms with Crippen molar-refractivity contribution in [2.24, 2.45) is 0 Å². The van der Waals surface area contributed by atoms with Crippen molar-refractivity contribution >= 4 is 10.9 Å².